The van der Waals surface area contributed by atoms with Gasteiger partial charge in [0.05, 0.1) is 4.92 Å². The van der Waals surface area contributed by atoms with Crippen LogP contribution in [-0.4, -0.2) is 21.5 Å². The summed E-state index contributed by atoms with van der Waals surface area (Å²) in [6, 6.07) is 6.14. The summed E-state index contributed by atoms with van der Waals surface area (Å²) in [6.07, 6.45) is 0. The molecule has 0 bridgehead atoms. The number of nitro benzene ring substituents is 1. The largest absolute Gasteiger partial charge is 0.294 e. The molecule has 18 heavy (non-hydrogen) atoms. The summed E-state index contributed by atoms with van der Waals surface area (Å²) in [5, 5.41) is 15.0. The highest BCUT2D eigenvalue weighted by Crippen LogP contribution is 2.23. The standard InChI is InChI=1S/C11H13N3O3S/c1-3-18-11(8(2)15)13-12-9-6-4-5-7-10(9)14(16)17/h4-7,12H,3H2,1-2H3/b13-11+. The molecule has 0 aliphatic rings. The van der Waals surface area contributed by atoms with Crippen molar-refractivity contribution in [2.24, 2.45) is 5.10 Å². The number of rotatable bonds is 5. The van der Waals surface area contributed by atoms with Crippen LogP contribution >= 0.6 is 11.8 Å². The number of hydrogen-bond donors (Lipinski definition) is 1. The Morgan fingerprint density at radius 2 is 2.17 bits per heavy atom. The summed E-state index contributed by atoms with van der Waals surface area (Å²) in [4.78, 5) is 21.5. The zero-order valence-corrected chi connectivity index (χ0v) is 10.9. The molecule has 6 nitrogen and oxygen atoms in total. The van der Waals surface area contributed by atoms with E-state index in [2.05, 4.69) is 10.5 Å². The Bertz CT molecular complexity index is 488. The van der Waals surface area contributed by atoms with Gasteiger partial charge < -0.3 is 0 Å². The van der Waals surface area contributed by atoms with Crippen molar-refractivity contribution in [2.45, 2.75) is 13.8 Å². The fourth-order valence-corrected chi connectivity index (χ4v) is 1.77. The van der Waals surface area contributed by atoms with Gasteiger partial charge in [0.2, 0.25) is 0 Å². The van der Waals surface area contributed by atoms with Crippen LogP contribution in [-0.2, 0) is 4.79 Å². The molecule has 1 rings (SSSR count). The third kappa shape index (κ3) is 3.85. The van der Waals surface area contributed by atoms with Crippen LogP contribution in [0.25, 0.3) is 0 Å². The average molecular weight is 267 g/mol. The summed E-state index contributed by atoms with van der Waals surface area (Å²) in [6.45, 7) is 3.30. The highest BCUT2D eigenvalue weighted by atomic mass is 32.2. The van der Waals surface area contributed by atoms with E-state index in [9.17, 15) is 14.9 Å². The first-order chi connectivity index (χ1) is 8.56. The number of anilines is 1. The Hall–Kier alpha value is -1.89. The van der Waals surface area contributed by atoms with Crippen LogP contribution in [0, 0.1) is 10.1 Å². The smallest absolute Gasteiger partial charge is 0.292 e. The number of carbonyl (C=O) groups is 1. The molecule has 0 aliphatic carbocycles. The lowest BCUT2D eigenvalue weighted by Crippen LogP contribution is -2.09. The molecule has 0 radical (unpaired) electrons. The first-order valence-electron chi connectivity index (χ1n) is 5.27. The van der Waals surface area contributed by atoms with Gasteiger partial charge in [-0.25, -0.2) is 0 Å². The second-order valence-corrected chi connectivity index (χ2v) is 4.54. The molecule has 1 N–H and O–H groups in total. The molecular formula is C11H13N3O3S. The van der Waals surface area contributed by atoms with Crippen molar-refractivity contribution in [2.75, 3.05) is 11.2 Å². The van der Waals surface area contributed by atoms with Gasteiger partial charge in [-0.1, -0.05) is 19.1 Å². The van der Waals surface area contributed by atoms with E-state index in [1.54, 1.807) is 12.1 Å². The minimum Gasteiger partial charge on any atom is -0.292 e. The van der Waals surface area contributed by atoms with Crippen LogP contribution in [0.5, 0.6) is 0 Å². The fourth-order valence-electron chi connectivity index (χ4n) is 1.19. The van der Waals surface area contributed by atoms with E-state index in [1.165, 1.54) is 30.8 Å². The van der Waals surface area contributed by atoms with Gasteiger partial charge >= 0.3 is 0 Å². The Morgan fingerprint density at radius 1 is 1.50 bits per heavy atom. The van der Waals surface area contributed by atoms with Crippen molar-refractivity contribution in [1.29, 1.82) is 0 Å². The molecule has 0 heterocycles. The number of thioether (sulfide) groups is 1. The highest BCUT2D eigenvalue weighted by molar-refractivity contribution is 8.15. The van der Waals surface area contributed by atoms with Crippen LogP contribution in [0.4, 0.5) is 11.4 Å². The second kappa shape index (κ2) is 6.75. The summed E-state index contributed by atoms with van der Waals surface area (Å²) < 4.78 is 0. The zero-order chi connectivity index (χ0) is 13.5. The van der Waals surface area contributed by atoms with Gasteiger partial charge in [0, 0.05) is 13.0 Å². The van der Waals surface area contributed by atoms with Gasteiger partial charge in [0.1, 0.15) is 5.69 Å². The second-order valence-electron chi connectivity index (χ2n) is 3.29. The van der Waals surface area contributed by atoms with E-state index in [1.807, 2.05) is 6.92 Å². The Kier molecular flexibility index (Phi) is 5.31. The number of Topliss-reactive ketones (excluding diaryl/α,β-unsaturated/α-hetero) is 1. The number of nitrogens with zero attached hydrogens (tertiary/aromatic N) is 2. The lowest BCUT2D eigenvalue weighted by atomic mass is 10.3. The molecule has 0 aliphatic heterocycles. The molecule has 0 aromatic heterocycles. The van der Waals surface area contributed by atoms with Crippen LogP contribution in [0.3, 0.4) is 0 Å². The average Bonchev–Trinajstić information content (AvgIpc) is 2.34. The van der Waals surface area contributed by atoms with E-state index in [4.69, 9.17) is 0 Å². The van der Waals surface area contributed by atoms with Crippen LogP contribution in [0.1, 0.15) is 13.8 Å². The van der Waals surface area contributed by atoms with Gasteiger partial charge in [-0.2, -0.15) is 5.10 Å². The SMILES string of the molecule is CCS/C(=N/Nc1ccccc1[N+](=O)[O-])C(C)=O. The van der Waals surface area contributed by atoms with Crippen molar-refractivity contribution in [1.82, 2.24) is 0 Å². The normalized spacial score (nSPS) is 11.1. The summed E-state index contributed by atoms with van der Waals surface area (Å²) in [7, 11) is 0. The van der Waals surface area contributed by atoms with Gasteiger partial charge in [0.15, 0.2) is 10.8 Å². The quantitative estimate of drug-likeness (QED) is 0.383. The lowest BCUT2D eigenvalue weighted by Gasteiger charge is -2.03. The molecule has 0 spiro atoms. The predicted octanol–water partition coefficient (Wildman–Crippen LogP) is 2.66. The maximum atomic E-state index is 11.2. The number of nitro groups is 1. The van der Waals surface area contributed by atoms with E-state index in [0.717, 1.165) is 0 Å². The topological polar surface area (TPSA) is 84.6 Å². The fraction of sp³-hybridized carbons (Fsp3) is 0.273. The number of para-hydroxylation sites is 2. The number of ketones is 1. The van der Waals surface area contributed by atoms with Gasteiger partial charge in [-0.3, -0.25) is 20.3 Å². The van der Waals surface area contributed by atoms with Gasteiger partial charge in [0.25, 0.3) is 5.69 Å². The van der Waals surface area contributed by atoms with E-state index in [-0.39, 0.29) is 17.2 Å². The molecule has 0 fully saturated rings. The third-order valence-electron chi connectivity index (χ3n) is 1.96. The number of nitrogens with one attached hydrogen (secondary N) is 1. The van der Waals surface area contributed by atoms with Crippen LogP contribution < -0.4 is 5.43 Å². The van der Waals surface area contributed by atoms with Gasteiger partial charge in [-0.05, 0) is 11.8 Å². The molecule has 1 aromatic carbocycles. The molecular weight excluding hydrogens is 254 g/mol. The summed E-state index contributed by atoms with van der Waals surface area (Å²) in [5.74, 6) is 0.532. The van der Waals surface area contributed by atoms with Crippen molar-refractivity contribution < 1.29 is 9.72 Å². The van der Waals surface area contributed by atoms with Crippen LogP contribution in [0.2, 0.25) is 0 Å². The Morgan fingerprint density at radius 3 is 2.72 bits per heavy atom. The van der Waals surface area contributed by atoms with E-state index >= 15 is 0 Å². The molecule has 96 valence electrons. The molecule has 0 atom stereocenters. The lowest BCUT2D eigenvalue weighted by molar-refractivity contribution is -0.384. The molecule has 0 unspecified atom stereocenters. The third-order valence-corrected chi connectivity index (χ3v) is 2.90. The summed E-state index contributed by atoms with van der Waals surface area (Å²) >= 11 is 1.29. The molecule has 7 heteroatoms. The zero-order valence-electron chi connectivity index (χ0n) is 10.0. The molecule has 1 aromatic rings. The van der Waals surface area contributed by atoms with Gasteiger partial charge in [-0.15, -0.1) is 11.8 Å². The number of hydrogen-bond acceptors (Lipinski definition) is 6. The van der Waals surface area contributed by atoms with Crippen molar-refractivity contribution in [3.63, 3.8) is 0 Å². The van der Waals surface area contributed by atoms with Crippen molar-refractivity contribution in [3.05, 3.63) is 34.4 Å². The van der Waals surface area contributed by atoms with Crippen LogP contribution in [0.15, 0.2) is 29.4 Å². The first kappa shape index (κ1) is 14.2. The summed E-state index contributed by atoms with van der Waals surface area (Å²) in [5.41, 5.74) is 2.75. The maximum Gasteiger partial charge on any atom is 0.294 e. The monoisotopic (exact) mass is 267 g/mol. The maximum absolute atomic E-state index is 11.2. The molecule has 0 saturated carbocycles. The predicted molar refractivity (Wildman–Crippen MR) is 73.0 cm³/mol. The minimum absolute atomic E-state index is 0.0781. The van der Waals surface area contributed by atoms with Crippen molar-refractivity contribution in [3.8, 4) is 0 Å². The van der Waals surface area contributed by atoms with Crippen molar-refractivity contribution >= 4 is 34.0 Å². The van der Waals surface area contributed by atoms with E-state index in [0.29, 0.717) is 10.8 Å². The van der Waals surface area contributed by atoms with E-state index < -0.39 is 4.92 Å². The number of carbonyl (C=O) groups excluding carboxylic acids is 1. The Balaban J connectivity index is 2.93. The Labute approximate surface area is 109 Å². The number of benzene rings is 1. The number of hydrazone groups is 1. The minimum atomic E-state index is -0.502. The molecule has 0 saturated heterocycles. The molecule has 0 amide bonds. The first-order valence-corrected chi connectivity index (χ1v) is 6.25. The highest BCUT2D eigenvalue weighted by Gasteiger charge is 2.12.